The normalized spacial score (nSPS) is 10.8. The molecule has 7 heteroatoms. The lowest BCUT2D eigenvalue weighted by atomic mass is 10.2. The third-order valence-electron chi connectivity index (χ3n) is 3.47. The first kappa shape index (κ1) is 17.6. The van der Waals surface area contributed by atoms with Crippen molar-refractivity contribution in [3.8, 4) is 11.5 Å². The molecule has 0 bridgehead atoms. The van der Waals surface area contributed by atoms with Crippen LogP contribution in [0.25, 0.3) is 0 Å². The lowest BCUT2D eigenvalue weighted by molar-refractivity contribution is 0.0958. The Hall–Kier alpha value is -3.19. The van der Waals surface area contributed by atoms with Crippen molar-refractivity contribution in [2.45, 2.75) is 13.3 Å². The number of hydrazone groups is 1. The van der Waals surface area contributed by atoms with Crippen molar-refractivity contribution in [3.05, 3.63) is 70.7 Å². The Morgan fingerprint density at radius 2 is 2.00 bits per heavy atom. The van der Waals surface area contributed by atoms with Crippen LogP contribution in [0.4, 0.5) is 5.13 Å². The van der Waals surface area contributed by atoms with E-state index in [9.17, 15) is 4.79 Å². The van der Waals surface area contributed by atoms with Gasteiger partial charge in [0, 0.05) is 0 Å². The molecule has 0 saturated carbocycles. The second-order valence-corrected chi connectivity index (χ2v) is 6.40. The Labute approximate surface area is 155 Å². The summed E-state index contributed by atoms with van der Waals surface area (Å²) in [6.07, 6.45) is 2.20. The van der Waals surface area contributed by atoms with Crippen LogP contribution in [0.15, 0.2) is 59.7 Å². The van der Waals surface area contributed by atoms with E-state index in [1.165, 1.54) is 0 Å². The third kappa shape index (κ3) is 4.46. The van der Waals surface area contributed by atoms with Crippen molar-refractivity contribution in [3.63, 3.8) is 0 Å². The summed E-state index contributed by atoms with van der Waals surface area (Å²) in [5, 5.41) is 4.39. The molecule has 3 aromatic rings. The Morgan fingerprint density at radius 1 is 1.23 bits per heavy atom. The standard InChI is InChI=1S/C19H18N4O2S/c1-2-16-17(26-19(20)22-16)18(24)23-21-12-13-7-6-10-15(11-13)25-14-8-4-3-5-9-14/h3-12H,2H2,1H3,(H2,20,22)(H,23,24)/b21-12-. The quantitative estimate of drug-likeness (QED) is 0.512. The Morgan fingerprint density at radius 3 is 2.77 bits per heavy atom. The number of nitrogens with zero attached hydrogens (tertiary/aromatic N) is 2. The first-order chi connectivity index (χ1) is 12.7. The predicted octanol–water partition coefficient (Wildman–Crippen LogP) is 3.84. The summed E-state index contributed by atoms with van der Waals surface area (Å²) in [6.45, 7) is 1.92. The van der Waals surface area contributed by atoms with E-state index in [0.717, 1.165) is 22.6 Å². The number of para-hydroxylation sites is 1. The number of anilines is 1. The molecule has 0 aliphatic rings. The van der Waals surface area contributed by atoms with Gasteiger partial charge in [0.1, 0.15) is 16.4 Å². The van der Waals surface area contributed by atoms with Crippen molar-refractivity contribution in [2.24, 2.45) is 5.10 Å². The number of ether oxygens (including phenoxy) is 1. The van der Waals surface area contributed by atoms with Crippen LogP contribution in [-0.2, 0) is 6.42 Å². The minimum Gasteiger partial charge on any atom is -0.457 e. The molecule has 1 aromatic heterocycles. The van der Waals surface area contributed by atoms with Crippen LogP contribution < -0.4 is 15.9 Å². The summed E-state index contributed by atoms with van der Waals surface area (Å²) in [5.41, 5.74) is 9.66. The zero-order valence-electron chi connectivity index (χ0n) is 14.2. The van der Waals surface area contributed by atoms with Gasteiger partial charge in [0.05, 0.1) is 11.9 Å². The van der Waals surface area contributed by atoms with Crippen LogP contribution in [0.1, 0.15) is 27.9 Å². The van der Waals surface area contributed by atoms with Crippen LogP contribution in [0, 0.1) is 0 Å². The number of carbonyl (C=O) groups excluding carboxylic acids is 1. The van der Waals surface area contributed by atoms with Gasteiger partial charge in [0.15, 0.2) is 5.13 Å². The fourth-order valence-corrected chi connectivity index (χ4v) is 3.10. The van der Waals surface area contributed by atoms with E-state index >= 15 is 0 Å². The van der Waals surface area contributed by atoms with Crippen molar-refractivity contribution < 1.29 is 9.53 Å². The van der Waals surface area contributed by atoms with E-state index in [4.69, 9.17) is 10.5 Å². The molecule has 26 heavy (non-hydrogen) atoms. The SMILES string of the molecule is CCc1nc(N)sc1C(=O)N/N=C\c1cccc(Oc2ccccc2)c1. The number of aromatic nitrogens is 1. The molecule has 1 heterocycles. The van der Waals surface area contributed by atoms with Gasteiger partial charge in [-0.3, -0.25) is 4.79 Å². The van der Waals surface area contributed by atoms with Gasteiger partial charge in [0.2, 0.25) is 0 Å². The number of nitrogens with two attached hydrogens (primary N) is 1. The molecule has 1 amide bonds. The molecule has 0 radical (unpaired) electrons. The number of hydrogen-bond donors (Lipinski definition) is 2. The van der Waals surface area contributed by atoms with Gasteiger partial charge < -0.3 is 10.5 Å². The molecule has 0 spiro atoms. The molecule has 132 valence electrons. The molecule has 0 atom stereocenters. The van der Waals surface area contributed by atoms with Gasteiger partial charge in [0.25, 0.3) is 5.91 Å². The number of amides is 1. The van der Waals surface area contributed by atoms with Crippen LogP contribution in [0.3, 0.4) is 0 Å². The molecule has 3 rings (SSSR count). The average molecular weight is 366 g/mol. The number of hydrogen-bond acceptors (Lipinski definition) is 6. The Kier molecular flexibility index (Phi) is 5.60. The van der Waals surface area contributed by atoms with E-state index in [1.807, 2.05) is 61.5 Å². The molecule has 2 aromatic carbocycles. The lowest BCUT2D eigenvalue weighted by Crippen LogP contribution is -2.17. The maximum absolute atomic E-state index is 12.2. The second-order valence-electron chi connectivity index (χ2n) is 5.37. The van der Waals surface area contributed by atoms with Crippen molar-refractivity contribution in [1.82, 2.24) is 10.4 Å². The summed E-state index contributed by atoms with van der Waals surface area (Å²) < 4.78 is 5.78. The number of carbonyl (C=O) groups is 1. The Balaban J connectivity index is 1.65. The van der Waals surface area contributed by atoms with E-state index in [2.05, 4.69) is 15.5 Å². The highest BCUT2D eigenvalue weighted by molar-refractivity contribution is 7.17. The topological polar surface area (TPSA) is 89.6 Å². The average Bonchev–Trinajstić information content (AvgIpc) is 3.04. The highest BCUT2D eigenvalue weighted by Crippen LogP contribution is 2.22. The molecule has 0 aliphatic carbocycles. The summed E-state index contributed by atoms with van der Waals surface area (Å²) in [5.74, 6) is 1.13. The Bertz CT molecular complexity index is 922. The third-order valence-corrected chi connectivity index (χ3v) is 4.40. The molecule has 0 saturated heterocycles. The zero-order valence-corrected chi connectivity index (χ0v) is 15.0. The fraction of sp³-hybridized carbons (Fsp3) is 0.105. The first-order valence-corrected chi connectivity index (χ1v) is 8.89. The largest absolute Gasteiger partial charge is 0.457 e. The number of nitrogens with one attached hydrogen (secondary N) is 1. The first-order valence-electron chi connectivity index (χ1n) is 8.07. The number of rotatable bonds is 6. The maximum Gasteiger partial charge on any atom is 0.283 e. The second kappa shape index (κ2) is 8.26. The maximum atomic E-state index is 12.2. The lowest BCUT2D eigenvalue weighted by Gasteiger charge is -2.05. The van der Waals surface area contributed by atoms with Crippen molar-refractivity contribution in [1.29, 1.82) is 0 Å². The van der Waals surface area contributed by atoms with Crippen LogP contribution >= 0.6 is 11.3 Å². The predicted molar refractivity (Wildman–Crippen MR) is 104 cm³/mol. The van der Waals surface area contributed by atoms with Crippen molar-refractivity contribution >= 4 is 28.6 Å². The number of benzene rings is 2. The number of aryl methyl sites for hydroxylation is 1. The highest BCUT2D eigenvalue weighted by atomic mass is 32.1. The fourth-order valence-electron chi connectivity index (χ4n) is 2.29. The summed E-state index contributed by atoms with van der Waals surface area (Å²) in [7, 11) is 0. The molecule has 0 unspecified atom stereocenters. The summed E-state index contributed by atoms with van der Waals surface area (Å²) in [6, 6.07) is 16.9. The van der Waals surface area contributed by atoms with Crippen LogP contribution in [0.5, 0.6) is 11.5 Å². The summed E-state index contributed by atoms with van der Waals surface area (Å²) >= 11 is 1.16. The molecular formula is C19H18N4O2S. The smallest absolute Gasteiger partial charge is 0.283 e. The van der Waals surface area contributed by atoms with Crippen LogP contribution in [0.2, 0.25) is 0 Å². The van der Waals surface area contributed by atoms with E-state index in [-0.39, 0.29) is 5.91 Å². The molecule has 6 nitrogen and oxygen atoms in total. The van der Waals surface area contributed by atoms with Gasteiger partial charge in [-0.05, 0) is 36.2 Å². The van der Waals surface area contributed by atoms with E-state index < -0.39 is 0 Å². The van der Waals surface area contributed by atoms with Gasteiger partial charge in [-0.2, -0.15) is 5.10 Å². The van der Waals surface area contributed by atoms with E-state index in [1.54, 1.807) is 6.21 Å². The van der Waals surface area contributed by atoms with Gasteiger partial charge in [-0.1, -0.05) is 48.6 Å². The molecular weight excluding hydrogens is 348 g/mol. The van der Waals surface area contributed by atoms with Crippen molar-refractivity contribution in [2.75, 3.05) is 5.73 Å². The number of nitrogen functional groups attached to an aromatic ring is 1. The van der Waals surface area contributed by atoms with E-state index in [0.29, 0.717) is 27.9 Å². The summed E-state index contributed by atoms with van der Waals surface area (Å²) in [4.78, 5) is 16.8. The minimum absolute atomic E-state index is 0.316. The zero-order chi connectivity index (χ0) is 18.4. The molecule has 3 N–H and O–H groups in total. The highest BCUT2D eigenvalue weighted by Gasteiger charge is 2.15. The van der Waals surface area contributed by atoms with Gasteiger partial charge >= 0.3 is 0 Å². The van der Waals surface area contributed by atoms with Gasteiger partial charge in [-0.15, -0.1) is 0 Å². The molecule has 0 fully saturated rings. The monoisotopic (exact) mass is 366 g/mol. The molecule has 0 aliphatic heterocycles. The minimum atomic E-state index is -0.316. The number of thiazole rings is 1. The van der Waals surface area contributed by atoms with Crippen LogP contribution in [-0.4, -0.2) is 17.1 Å². The van der Waals surface area contributed by atoms with Gasteiger partial charge in [-0.25, -0.2) is 10.4 Å².